The van der Waals surface area contributed by atoms with Crippen LogP contribution < -0.4 is 0 Å². The zero-order valence-corrected chi connectivity index (χ0v) is 10.5. The van der Waals surface area contributed by atoms with E-state index in [1.807, 2.05) is 6.07 Å². The highest BCUT2D eigenvalue weighted by molar-refractivity contribution is 7.12. The van der Waals surface area contributed by atoms with E-state index in [1.54, 1.807) is 11.3 Å². The van der Waals surface area contributed by atoms with Gasteiger partial charge < -0.3 is 10.2 Å². The molecule has 0 radical (unpaired) electrons. The van der Waals surface area contributed by atoms with Crippen molar-refractivity contribution in [1.82, 2.24) is 4.90 Å². The standard InChI is InChI=1S/C13H17NO2S/c15-8-2-4-12-5-6-13(17-12)10-14-7-1-3-11(16)9-14/h5-6,11,15-16H,1,3,7-10H2. The number of hydrogen-bond acceptors (Lipinski definition) is 4. The zero-order chi connectivity index (χ0) is 12.1. The molecule has 1 atom stereocenters. The zero-order valence-electron chi connectivity index (χ0n) is 9.72. The summed E-state index contributed by atoms with van der Waals surface area (Å²) in [5, 5.41) is 18.2. The molecule has 0 amide bonds. The normalized spacial score (nSPS) is 20.9. The van der Waals surface area contributed by atoms with Crippen LogP contribution in [0.3, 0.4) is 0 Å². The van der Waals surface area contributed by atoms with E-state index in [0.717, 1.165) is 37.4 Å². The smallest absolute Gasteiger partial charge is 0.104 e. The van der Waals surface area contributed by atoms with Crippen LogP contribution in [0.25, 0.3) is 0 Å². The lowest BCUT2D eigenvalue weighted by Gasteiger charge is -2.29. The van der Waals surface area contributed by atoms with E-state index < -0.39 is 0 Å². The van der Waals surface area contributed by atoms with Crippen molar-refractivity contribution in [2.24, 2.45) is 0 Å². The second-order valence-corrected chi connectivity index (χ2v) is 5.43. The highest BCUT2D eigenvalue weighted by Gasteiger charge is 2.17. The molecular weight excluding hydrogens is 234 g/mol. The van der Waals surface area contributed by atoms with Gasteiger partial charge in [-0.3, -0.25) is 4.90 Å². The summed E-state index contributed by atoms with van der Waals surface area (Å²) in [5.74, 6) is 5.56. The van der Waals surface area contributed by atoms with Gasteiger partial charge in [-0.1, -0.05) is 11.8 Å². The van der Waals surface area contributed by atoms with Crippen molar-refractivity contribution in [2.75, 3.05) is 19.7 Å². The predicted molar refractivity (Wildman–Crippen MR) is 68.8 cm³/mol. The fraction of sp³-hybridized carbons (Fsp3) is 0.538. The summed E-state index contributed by atoms with van der Waals surface area (Å²) in [6, 6.07) is 4.07. The highest BCUT2D eigenvalue weighted by Crippen LogP contribution is 2.19. The molecule has 3 nitrogen and oxygen atoms in total. The molecule has 0 aliphatic carbocycles. The molecule has 1 saturated heterocycles. The van der Waals surface area contributed by atoms with Gasteiger partial charge in [-0.15, -0.1) is 11.3 Å². The topological polar surface area (TPSA) is 43.7 Å². The van der Waals surface area contributed by atoms with Crippen LogP contribution in [-0.4, -0.2) is 40.9 Å². The molecule has 1 aliphatic rings. The minimum Gasteiger partial charge on any atom is -0.392 e. The van der Waals surface area contributed by atoms with Crippen molar-refractivity contribution in [3.05, 3.63) is 21.9 Å². The van der Waals surface area contributed by atoms with Crippen molar-refractivity contribution in [3.8, 4) is 11.8 Å². The maximum atomic E-state index is 9.59. The monoisotopic (exact) mass is 251 g/mol. The first-order valence-electron chi connectivity index (χ1n) is 5.87. The van der Waals surface area contributed by atoms with Crippen LogP contribution in [0.4, 0.5) is 0 Å². The molecule has 0 saturated carbocycles. The van der Waals surface area contributed by atoms with Crippen LogP contribution in [0.2, 0.25) is 0 Å². The second kappa shape index (κ2) is 6.18. The van der Waals surface area contributed by atoms with Gasteiger partial charge in [-0.05, 0) is 31.5 Å². The number of aliphatic hydroxyl groups excluding tert-OH is 2. The van der Waals surface area contributed by atoms with E-state index in [0.29, 0.717) is 0 Å². The van der Waals surface area contributed by atoms with Gasteiger partial charge in [0.1, 0.15) is 6.61 Å². The van der Waals surface area contributed by atoms with Gasteiger partial charge in [-0.25, -0.2) is 0 Å². The number of nitrogens with zero attached hydrogens (tertiary/aromatic N) is 1. The van der Waals surface area contributed by atoms with Crippen molar-refractivity contribution in [2.45, 2.75) is 25.5 Å². The average Bonchev–Trinajstić information content (AvgIpc) is 2.74. The molecule has 1 aliphatic heterocycles. The molecule has 1 aromatic heterocycles. The summed E-state index contributed by atoms with van der Waals surface area (Å²) in [4.78, 5) is 4.54. The quantitative estimate of drug-likeness (QED) is 0.772. The van der Waals surface area contributed by atoms with Gasteiger partial charge in [-0.2, -0.15) is 0 Å². The van der Waals surface area contributed by atoms with Crippen molar-refractivity contribution in [3.63, 3.8) is 0 Å². The molecule has 92 valence electrons. The first-order chi connectivity index (χ1) is 8.28. The SMILES string of the molecule is OCC#Cc1ccc(CN2CCCC(O)C2)s1. The van der Waals surface area contributed by atoms with E-state index in [1.165, 1.54) is 4.88 Å². The van der Waals surface area contributed by atoms with E-state index in [-0.39, 0.29) is 12.7 Å². The minimum atomic E-state index is -0.169. The summed E-state index contributed by atoms with van der Waals surface area (Å²) in [6.07, 6.45) is 1.83. The van der Waals surface area contributed by atoms with E-state index in [9.17, 15) is 5.11 Å². The number of piperidine rings is 1. The summed E-state index contributed by atoms with van der Waals surface area (Å²) in [6.45, 7) is 2.64. The molecule has 17 heavy (non-hydrogen) atoms. The Hall–Kier alpha value is -0.860. The largest absolute Gasteiger partial charge is 0.392 e. The first kappa shape index (κ1) is 12.6. The Morgan fingerprint density at radius 1 is 1.47 bits per heavy atom. The molecule has 0 aromatic carbocycles. The second-order valence-electron chi connectivity index (χ2n) is 4.26. The Kier molecular flexibility index (Phi) is 4.57. The van der Waals surface area contributed by atoms with E-state index >= 15 is 0 Å². The Morgan fingerprint density at radius 3 is 3.12 bits per heavy atom. The third-order valence-corrected chi connectivity index (χ3v) is 3.80. The lowest BCUT2D eigenvalue weighted by Crippen LogP contribution is -2.37. The van der Waals surface area contributed by atoms with Gasteiger partial charge >= 0.3 is 0 Å². The summed E-state index contributed by atoms with van der Waals surface area (Å²) >= 11 is 1.66. The highest BCUT2D eigenvalue weighted by atomic mass is 32.1. The first-order valence-corrected chi connectivity index (χ1v) is 6.68. The van der Waals surface area contributed by atoms with Crippen LogP contribution >= 0.6 is 11.3 Å². The van der Waals surface area contributed by atoms with Crippen molar-refractivity contribution in [1.29, 1.82) is 0 Å². The summed E-state index contributed by atoms with van der Waals surface area (Å²) in [7, 11) is 0. The average molecular weight is 251 g/mol. The number of rotatable bonds is 2. The summed E-state index contributed by atoms with van der Waals surface area (Å²) < 4.78 is 0. The van der Waals surface area contributed by atoms with Crippen molar-refractivity contribution < 1.29 is 10.2 Å². The number of aliphatic hydroxyl groups is 2. The molecule has 2 N–H and O–H groups in total. The lowest BCUT2D eigenvalue weighted by atomic mass is 10.1. The molecule has 0 spiro atoms. The molecule has 1 fully saturated rings. The molecule has 1 unspecified atom stereocenters. The Labute approximate surface area is 106 Å². The van der Waals surface area contributed by atoms with Gasteiger partial charge in [0.05, 0.1) is 11.0 Å². The van der Waals surface area contributed by atoms with Gasteiger partial charge in [0.2, 0.25) is 0 Å². The fourth-order valence-corrected chi connectivity index (χ4v) is 2.98. The van der Waals surface area contributed by atoms with Crippen molar-refractivity contribution >= 4 is 11.3 Å². The van der Waals surface area contributed by atoms with Gasteiger partial charge in [0.15, 0.2) is 0 Å². The van der Waals surface area contributed by atoms with Crippen LogP contribution in [0, 0.1) is 11.8 Å². The lowest BCUT2D eigenvalue weighted by molar-refractivity contribution is 0.0673. The Morgan fingerprint density at radius 2 is 2.35 bits per heavy atom. The van der Waals surface area contributed by atoms with Crippen LogP contribution in [0.1, 0.15) is 22.6 Å². The third kappa shape index (κ3) is 3.83. The number of thiophene rings is 1. The van der Waals surface area contributed by atoms with Crippen LogP contribution in [0.15, 0.2) is 12.1 Å². The number of likely N-dealkylation sites (tertiary alicyclic amines) is 1. The molecule has 0 bridgehead atoms. The van der Waals surface area contributed by atoms with Crippen LogP contribution in [-0.2, 0) is 6.54 Å². The molecular formula is C13H17NO2S. The molecule has 4 heteroatoms. The summed E-state index contributed by atoms with van der Waals surface area (Å²) in [5.41, 5.74) is 0. The third-order valence-electron chi connectivity index (χ3n) is 2.81. The Balaban J connectivity index is 1.92. The van der Waals surface area contributed by atoms with Gasteiger partial charge in [0.25, 0.3) is 0 Å². The minimum absolute atomic E-state index is 0.0917. The molecule has 2 heterocycles. The van der Waals surface area contributed by atoms with Gasteiger partial charge in [0, 0.05) is 18.0 Å². The van der Waals surface area contributed by atoms with E-state index in [2.05, 4.69) is 22.8 Å². The maximum absolute atomic E-state index is 9.59. The van der Waals surface area contributed by atoms with E-state index in [4.69, 9.17) is 5.11 Å². The van der Waals surface area contributed by atoms with Crippen LogP contribution in [0.5, 0.6) is 0 Å². The molecule has 1 aromatic rings. The number of β-amino-alcohol motifs (C(OH)–C–C–N with tert-alkyl or cyclic N) is 1. The predicted octanol–water partition coefficient (Wildman–Crippen LogP) is 1.05. The molecule has 2 rings (SSSR count). The maximum Gasteiger partial charge on any atom is 0.104 e. The number of hydrogen-bond donors (Lipinski definition) is 2. The fourth-order valence-electron chi connectivity index (χ4n) is 2.05. The Bertz CT molecular complexity index is 419.